The van der Waals surface area contributed by atoms with Gasteiger partial charge in [0.25, 0.3) is 0 Å². The third-order valence-electron chi connectivity index (χ3n) is 2.70. The first-order chi connectivity index (χ1) is 7.45. The van der Waals surface area contributed by atoms with Crippen molar-refractivity contribution < 1.29 is 24.2 Å². The molecule has 3 heterocycles. The summed E-state index contributed by atoms with van der Waals surface area (Å²) in [7, 11) is 0. The van der Waals surface area contributed by atoms with E-state index in [1.165, 1.54) is 0 Å². The van der Waals surface area contributed by atoms with Gasteiger partial charge in [-0.3, -0.25) is 9.97 Å². The van der Waals surface area contributed by atoms with Crippen LogP contribution in [0.1, 0.15) is 0 Å². The predicted octanol–water partition coefficient (Wildman–Crippen LogP) is 2.89. The van der Waals surface area contributed by atoms with Gasteiger partial charge in [0.2, 0.25) is 0 Å². The molecule has 16 heavy (non-hydrogen) atoms. The van der Waals surface area contributed by atoms with E-state index in [2.05, 4.69) is 9.97 Å². The fraction of sp³-hybridized carbons (Fsp3) is 0. The molecule has 0 saturated heterocycles. The molecule has 0 spiro atoms. The molecule has 3 nitrogen and oxygen atoms in total. The first-order valence-electron chi connectivity index (χ1n) is 4.78. The van der Waals surface area contributed by atoms with E-state index in [0.717, 1.165) is 33.3 Å². The van der Waals surface area contributed by atoms with Crippen LogP contribution in [-0.2, 0) is 19.5 Å². The SMILES string of the molecule is [Ru].c1cnc2c(c1)c1c(c3cccnc32)O1. The molecule has 4 rings (SSSR count). The molecule has 0 fully saturated rings. The zero-order chi connectivity index (χ0) is 9.83. The van der Waals surface area contributed by atoms with E-state index in [-0.39, 0.29) is 19.5 Å². The smallest absolute Gasteiger partial charge is 0.180 e. The molecule has 0 bridgehead atoms. The van der Waals surface area contributed by atoms with Crippen LogP contribution >= 0.6 is 0 Å². The maximum Gasteiger partial charge on any atom is 0.180 e. The van der Waals surface area contributed by atoms with E-state index in [1.807, 2.05) is 24.3 Å². The summed E-state index contributed by atoms with van der Waals surface area (Å²) in [5.41, 5.74) is 1.84. The van der Waals surface area contributed by atoms with E-state index in [1.54, 1.807) is 12.4 Å². The van der Waals surface area contributed by atoms with E-state index in [4.69, 9.17) is 4.74 Å². The fourth-order valence-corrected chi connectivity index (χ4v) is 1.99. The van der Waals surface area contributed by atoms with E-state index in [9.17, 15) is 0 Å². The van der Waals surface area contributed by atoms with Crippen molar-refractivity contribution in [1.29, 1.82) is 0 Å². The fourth-order valence-electron chi connectivity index (χ4n) is 1.99. The van der Waals surface area contributed by atoms with E-state index in [0.29, 0.717) is 0 Å². The summed E-state index contributed by atoms with van der Waals surface area (Å²) in [6.07, 6.45) is 3.57. The Hall–Kier alpha value is -1.54. The number of pyridine rings is 2. The summed E-state index contributed by atoms with van der Waals surface area (Å²) >= 11 is 0. The summed E-state index contributed by atoms with van der Waals surface area (Å²) < 4.78 is 5.48. The molecule has 0 aliphatic carbocycles. The zero-order valence-electron chi connectivity index (χ0n) is 8.12. The standard InChI is InChI=1S/C12H6N2O.Ru/c1-3-7-9(13-5-1)10-8(4-2-6-14-10)12-11(7)15-12;/h1-6H;. The summed E-state index contributed by atoms with van der Waals surface area (Å²) in [5, 5.41) is 2.11. The molecule has 0 atom stereocenters. The van der Waals surface area contributed by atoms with Gasteiger partial charge in [-0.05, 0) is 24.3 Å². The van der Waals surface area contributed by atoms with Crippen molar-refractivity contribution in [2.75, 3.05) is 0 Å². The summed E-state index contributed by atoms with van der Waals surface area (Å²) in [6.45, 7) is 0. The predicted molar refractivity (Wildman–Crippen MR) is 57.1 cm³/mol. The monoisotopic (exact) mass is 296 g/mol. The van der Waals surface area contributed by atoms with Crippen molar-refractivity contribution in [2.45, 2.75) is 0 Å². The van der Waals surface area contributed by atoms with Crippen LogP contribution in [0.4, 0.5) is 0 Å². The van der Waals surface area contributed by atoms with Crippen molar-refractivity contribution >= 4 is 21.8 Å². The Bertz CT molecular complexity index is 651. The topological polar surface area (TPSA) is 38.3 Å². The van der Waals surface area contributed by atoms with Crippen LogP contribution < -0.4 is 4.74 Å². The van der Waals surface area contributed by atoms with Crippen LogP contribution in [0.5, 0.6) is 11.5 Å². The van der Waals surface area contributed by atoms with Crippen molar-refractivity contribution in [2.24, 2.45) is 0 Å². The molecule has 78 valence electrons. The average Bonchev–Trinajstić information content (AvgIpc) is 3.10. The Morgan fingerprint density at radius 1 is 0.812 bits per heavy atom. The Balaban J connectivity index is 0.000000810. The zero-order valence-corrected chi connectivity index (χ0v) is 9.86. The Labute approximate surface area is 104 Å². The quantitative estimate of drug-likeness (QED) is 0.284. The minimum atomic E-state index is 0. The van der Waals surface area contributed by atoms with Gasteiger partial charge in [0.1, 0.15) is 11.0 Å². The Morgan fingerprint density at radius 3 is 1.81 bits per heavy atom. The first-order valence-corrected chi connectivity index (χ1v) is 4.78. The molecule has 0 unspecified atom stereocenters. The minimum Gasteiger partial charge on any atom is -0.448 e. The van der Waals surface area contributed by atoms with Crippen molar-refractivity contribution in [3.8, 4) is 11.5 Å². The van der Waals surface area contributed by atoms with Gasteiger partial charge in [0.05, 0.1) is 0 Å². The molecule has 3 aromatic rings. The minimum absolute atomic E-state index is 0. The van der Waals surface area contributed by atoms with Crippen molar-refractivity contribution in [3.63, 3.8) is 0 Å². The molecule has 1 aromatic carbocycles. The number of ether oxygens (including phenoxy) is 1. The number of hydrogen-bond acceptors (Lipinski definition) is 3. The average molecular weight is 295 g/mol. The van der Waals surface area contributed by atoms with Crippen LogP contribution in [0.15, 0.2) is 36.7 Å². The van der Waals surface area contributed by atoms with Crippen LogP contribution in [0.3, 0.4) is 0 Å². The molecule has 0 amide bonds. The molecule has 0 radical (unpaired) electrons. The maximum absolute atomic E-state index is 5.48. The summed E-state index contributed by atoms with van der Waals surface area (Å²) in [4.78, 5) is 8.72. The van der Waals surface area contributed by atoms with E-state index >= 15 is 0 Å². The van der Waals surface area contributed by atoms with Gasteiger partial charge >= 0.3 is 0 Å². The number of benzene rings is 1. The Morgan fingerprint density at radius 2 is 1.31 bits per heavy atom. The van der Waals surface area contributed by atoms with Crippen molar-refractivity contribution in [1.82, 2.24) is 9.97 Å². The number of fused-ring (bicyclic) bond motifs is 6. The second kappa shape index (κ2) is 3.23. The van der Waals surface area contributed by atoms with Gasteiger partial charge in [-0.1, -0.05) is 0 Å². The first kappa shape index (κ1) is 9.67. The summed E-state index contributed by atoms with van der Waals surface area (Å²) in [5.74, 6) is 1.91. The second-order valence-electron chi connectivity index (χ2n) is 3.56. The molecule has 1 aliphatic heterocycles. The second-order valence-corrected chi connectivity index (χ2v) is 3.56. The van der Waals surface area contributed by atoms with Gasteiger partial charge in [-0.25, -0.2) is 0 Å². The third-order valence-corrected chi connectivity index (χ3v) is 2.70. The Kier molecular flexibility index (Phi) is 1.95. The number of hydrogen-bond donors (Lipinski definition) is 0. The van der Waals surface area contributed by atoms with E-state index < -0.39 is 0 Å². The molecule has 4 heteroatoms. The van der Waals surface area contributed by atoms with Gasteiger partial charge in [-0.2, -0.15) is 0 Å². The third kappa shape index (κ3) is 1.11. The molecule has 0 N–H and O–H groups in total. The summed E-state index contributed by atoms with van der Waals surface area (Å²) in [6, 6.07) is 7.86. The van der Waals surface area contributed by atoms with Crippen LogP contribution in [0.2, 0.25) is 0 Å². The van der Waals surface area contributed by atoms with Gasteiger partial charge in [0.15, 0.2) is 11.5 Å². The number of rotatable bonds is 0. The molecular formula is C12H6N2ORu. The molecule has 2 aromatic heterocycles. The van der Waals surface area contributed by atoms with Gasteiger partial charge < -0.3 is 4.74 Å². The largest absolute Gasteiger partial charge is 0.448 e. The molecular weight excluding hydrogens is 289 g/mol. The van der Waals surface area contributed by atoms with Crippen molar-refractivity contribution in [3.05, 3.63) is 36.7 Å². The van der Waals surface area contributed by atoms with Crippen LogP contribution in [0, 0.1) is 0 Å². The van der Waals surface area contributed by atoms with Crippen LogP contribution in [-0.4, -0.2) is 9.97 Å². The number of aromatic nitrogens is 2. The maximum atomic E-state index is 5.48. The number of nitrogens with zero attached hydrogens (tertiary/aromatic N) is 2. The van der Waals surface area contributed by atoms with Gasteiger partial charge in [-0.15, -0.1) is 0 Å². The van der Waals surface area contributed by atoms with Crippen LogP contribution in [0.25, 0.3) is 21.8 Å². The normalized spacial score (nSPS) is 11.8. The molecule has 0 saturated carbocycles. The molecule has 1 aliphatic rings. The van der Waals surface area contributed by atoms with Gasteiger partial charge in [0, 0.05) is 42.6 Å².